The summed E-state index contributed by atoms with van der Waals surface area (Å²) in [4.78, 5) is 32.4. The molecule has 0 aliphatic carbocycles. The summed E-state index contributed by atoms with van der Waals surface area (Å²) in [7, 11) is 0. The van der Waals surface area contributed by atoms with Crippen molar-refractivity contribution in [3.63, 3.8) is 0 Å². The van der Waals surface area contributed by atoms with Gasteiger partial charge < -0.3 is 10.4 Å². The number of fused-ring (bicyclic) bond motifs is 1. The number of aromatic carboxylic acids is 1. The minimum absolute atomic E-state index is 0.177. The molecule has 136 valence electrons. The topological polar surface area (TPSA) is 110 Å². The van der Waals surface area contributed by atoms with Crippen molar-refractivity contribution in [2.24, 2.45) is 0 Å². The van der Waals surface area contributed by atoms with Crippen LogP contribution in [0.5, 0.6) is 0 Å². The number of hydrogen-bond acceptors (Lipinski definition) is 6. The quantitative estimate of drug-likeness (QED) is 0.711. The lowest BCUT2D eigenvalue weighted by Gasteiger charge is -2.11. The lowest BCUT2D eigenvalue weighted by atomic mass is 10.2. The molecule has 3 rings (SSSR count). The number of hydrogen-bond donors (Lipinski definition) is 2. The number of thiazole rings is 1. The van der Waals surface area contributed by atoms with Gasteiger partial charge in [0.2, 0.25) is 0 Å². The minimum atomic E-state index is -1.01. The van der Waals surface area contributed by atoms with E-state index in [0.717, 1.165) is 22.4 Å². The van der Waals surface area contributed by atoms with Crippen molar-refractivity contribution < 1.29 is 14.7 Å². The number of amides is 1. The van der Waals surface area contributed by atoms with Crippen molar-refractivity contribution >= 4 is 34.2 Å². The Morgan fingerprint density at radius 2 is 2.00 bits per heavy atom. The first-order valence-corrected chi connectivity index (χ1v) is 8.94. The molecule has 1 atom stereocenters. The molecule has 3 heterocycles. The van der Waals surface area contributed by atoms with Crippen molar-refractivity contribution in [3.05, 3.63) is 39.6 Å². The molecule has 0 aliphatic rings. The maximum atomic E-state index is 12.5. The smallest absolute Gasteiger partial charge is 0.347 e. The Balaban J connectivity index is 1.80. The van der Waals surface area contributed by atoms with E-state index in [2.05, 4.69) is 20.4 Å². The molecular formula is C17H19N5O3S. The summed E-state index contributed by atoms with van der Waals surface area (Å²) < 4.78 is 1.80. The molecule has 0 radical (unpaired) electrons. The van der Waals surface area contributed by atoms with Gasteiger partial charge in [0.15, 0.2) is 5.65 Å². The van der Waals surface area contributed by atoms with Crippen LogP contribution in [0, 0.1) is 6.92 Å². The molecule has 0 saturated carbocycles. The Morgan fingerprint density at radius 3 is 2.62 bits per heavy atom. The van der Waals surface area contributed by atoms with Gasteiger partial charge in [0, 0.05) is 17.6 Å². The van der Waals surface area contributed by atoms with Gasteiger partial charge in [-0.15, -0.1) is 11.3 Å². The first-order valence-electron chi connectivity index (χ1n) is 8.12. The van der Waals surface area contributed by atoms with Crippen molar-refractivity contribution in [2.75, 3.05) is 0 Å². The Labute approximate surface area is 153 Å². The summed E-state index contributed by atoms with van der Waals surface area (Å²) in [6.45, 7) is 7.43. The number of pyridine rings is 1. The fourth-order valence-electron chi connectivity index (χ4n) is 2.58. The van der Waals surface area contributed by atoms with E-state index in [0.29, 0.717) is 16.3 Å². The van der Waals surface area contributed by atoms with Crippen molar-refractivity contribution in [3.8, 4) is 0 Å². The van der Waals surface area contributed by atoms with Crippen LogP contribution in [-0.4, -0.2) is 36.7 Å². The second kappa shape index (κ2) is 6.83. The number of carboxylic acids is 1. The van der Waals surface area contributed by atoms with Gasteiger partial charge in [-0.3, -0.25) is 4.79 Å². The highest BCUT2D eigenvalue weighted by Crippen LogP contribution is 2.24. The molecule has 2 N–H and O–H groups in total. The van der Waals surface area contributed by atoms with Gasteiger partial charge in [0.25, 0.3) is 5.91 Å². The number of carbonyl (C=O) groups is 2. The van der Waals surface area contributed by atoms with E-state index in [9.17, 15) is 9.59 Å². The zero-order valence-corrected chi connectivity index (χ0v) is 15.7. The second-order valence-electron chi connectivity index (χ2n) is 6.29. The Bertz CT molecular complexity index is 992. The molecule has 0 spiro atoms. The van der Waals surface area contributed by atoms with E-state index >= 15 is 0 Å². The summed E-state index contributed by atoms with van der Waals surface area (Å²) in [6.07, 6.45) is 3.20. The van der Waals surface area contributed by atoms with Gasteiger partial charge in [-0.2, -0.15) is 5.10 Å². The summed E-state index contributed by atoms with van der Waals surface area (Å²) >= 11 is 1.07. The van der Waals surface area contributed by atoms with Crippen LogP contribution in [0.4, 0.5) is 0 Å². The average Bonchev–Trinajstić information content (AvgIpc) is 3.17. The van der Waals surface area contributed by atoms with Gasteiger partial charge in [0.1, 0.15) is 9.88 Å². The molecule has 26 heavy (non-hydrogen) atoms. The molecular weight excluding hydrogens is 354 g/mol. The van der Waals surface area contributed by atoms with Crippen LogP contribution >= 0.6 is 11.3 Å². The molecule has 1 unspecified atom stereocenters. The highest BCUT2D eigenvalue weighted by molar-refractivity contribution is 7.13. The molecule has 0 aromatic carbocycles. The van der Waals surface area contributed by atoms with Crippen LogP contribution in [0.2, 0.25) is 0 Å². The third-order valence-corrected chi connectivity index (χ3v) is 5.24. The predicted octanol–water partition coefficient (Wildman–Crippen LogP) is 2.97. The molecule has 0 fully saturated rings. The van der Waals surface area contributed by atoms with E-state index < -0.39 is 12.0 Å². The van der Waals surface area contributed by atoms with Crippen molar-refractivity contribution in [1.29, 1.82) is 0 Å². The van der Waals surface area contributed by atoms with Crippen LogP contribution in [-0.2, 0) is 0 Å². The lowest BCUT2D eigenvalue weighted by molar-refractivity contribution is 0.0701. The van der Waals surface area contributed by atoms with Gasteiger partial charge in [0.05, 0.1) is 23.5 Å². The van der Waals surface area contributed by atoms with E-state index in [-0.39, 0.29) is 16.8 Å². The first-order chi connectivity index (χ1) is 12.3. The van der Waals surface area contributed by atoms with Gasteiger partial charge in [-0.1, -0.05) is 0 Å². The maximum absolute atomic E-state index is 12.5. The number of aromatic nitrogens is 4. The molecule has 3 aromatic rings. The normalized spacial score (nSPS) is 12.5. The van der Waals surface area contributed by atoms with Crippen LogP contribution in [0.3, 0.4) is 0 Å². The fourth-order valence-corrected chi connectivity index (χ4v) is 3.49. The summed E-state index contributed by atoms with van der Waals surface area (Å²) in [6, 6.07) is 1.51. The first kappa shape index (κ1) is 18.0. The molecule has 8 nitrogen and oxygen atoms in total. The van der Waals surface area contributed by atoms with E-state index in [1.54, 1.807) is 30.8 Å². The largest absolute Gasteiger partial charge is 0.477 e. The van der Waals surface area contributed by atoms with Crippen LogP contribution < -0.4 is 5.32 Å². The standard InChI is InChI=1S/C17H19N5O3S/c1-8(2)22-14-11(7-19-22)5-12(6-18-14)15(23)20-10(4)16-21-9(3)13(26-16)17(24)25/h5-8,10H,1-4H3,(H,20,23)(H,24,25). The molecule has 9 heteroatoms. The van der Waals surface area contributed by atoms with Crippen molar-refractivity contribution in [1.82, 2.24) is 25.1 Å². The predicted molar refractivity (Wildman–Crippen MR) is 97.6 cm³/mol. The molecule has 3 aromatic heterocycles. The summed E-state index contributed by atoms with van der Waals surface area (Å²) in [5.41, 5.74) is 1.59. The Kier molecular flexibility index (Phi) is 4.73. The molecule has 0 saturated heterocycles. The van der Waals surface area contributed by atoms with E-state index in [1.807, 2.05) is 13.8 Å². The molecule has 0 aliphatic heterocycles. The zero-order chi connectivity index (χ0) is 19.0. The highest BCUT2D eigenvalue weighted by atomic mass is 32.1. The van der Waals surface area contributed by atoms with Gasteiger partial charge in [-0.05, 0) is 33.8 Å². The summed E-state index contributed by atoms with van der Waals surface area (Å²) in [5.74, 6) is -1.31. The zero-order valence-electron chi connectivity index (χ0n) is 14.8. The maximum Gasteiger partial charge on any atom is 0.347 e. The highest BCUT2D eigenvalue weighted by Gasteiger charge is 2.20. The fraction of sp³-hybridized carbons (Fsp3) is 0.353. The second-order valence-corrected chi connectivity index (χ2v) is 7.32. The number of nitrogens with zero attached hydrogens (tertiary/aromatic N) is 4. The number of carbonyl (C=O) groups excluding carboxylic acids is 1. The Morgan fingerprint density at radius 1 is 1.27 bits per heavy atom. The number of nitrogens with one attached hydrogen (secondary N) is 1. The van der Waals surface area contributed by atoms with E-state index in [1.165, 1.54) is 6.20 Å². The lowest BCUT2D eigenvalue weighted by Crippen LogP contribution is -2.26. The van der Waals surface area contributed by atoms with Crippen LogP contribution in [0.25, 0.3) is 11.0 Å². The van der Waals surface area contributed by atoms with Crippen LogP contribution in [0.15, 0.2) is 18.5 Å². The van der Waals surface area contributed by atoms with E-state index in [4.69, 9.17) is 5.11 Å². The van der Waals surface area contributed by atoms with Crippen molar-refractivity contribution in [2.45, 2.75) is 39.8 Å². The average molecular weight is 373 g/mol. The molecule has 0 bridgehead atoms. The molecule has 1 amide bonds. The third-order valence-electron chi connectivity index (χ3n) is 3.91. The van der Waals surface area contributed by atoms with Gasteiger partial charge >= 0.3 is 5.97 Å². The summed E-state index contributed by atoms with van der Waals surface area (Å²) in [5, 5.41) is 17.6. The number of aryl methyl sites for hydroxylation is 1. The number of carboxylic acid groups (broad SMARTS) is 1. The monoisotopic (exact) mass is 373 g/mol. The number of rotatable bonds is 5. The van der Waals surface area contributed by atoms with Crippen LogP contribution in [0.1, 0.15) is 63.6 Å². The Hall–Kier alpha value is -2.81. The third kappa shape index (κ3) is 3.30. The minimum Gasteiger partial charge on any atom is -0.477 e. The SMILES string of the molecule is Cc1nc(C(C)NC(=O)c2cnc3c(cnn3C(C)C)c2)sc1C(=O)O. The van der Waals surface area contributed by atoms with Gasteiger partial charge in [-0.25, -0.2) is 19.4 Å².